The highest BCUT2D eigenvalue weighted by molar-refractivity contribution is 6.10. The van der Waals surface area contributed by atoms with E-state index in [2.05, 4.69) is 28.5 Å². The first-order chi connectivity index (χ1) is 19.0. The number of nitrogens with one attached hydrogen (secondary N) is 1. The normalized spacial score (nSPS) is 23.4. The van der Waals surface area contributed by atoms with E-state index in [1.165, 1.54) is 11.0 Å². The highest BCUT2D eigenvalue weighted by Gasteiger charge is 2.47. The number of rotatable bonds is 7. The van der Waals surface area contributed by atoms with Crippen LogP contribution in [-0.2, 0) is 38.1 Å². The van der Waals surface area contributed by atoms with Crippen LogP contribution in [0.15, 0.2) is 42.7 Å². The SMILES string of the molecule is Cn1cnnc1CC1(c2cccc(N3Cc4c(cc(CNC5(C)CCC5)cc4C(F)(F)F)C3=O)c2)CC(C#N)C1. The minimum Gasteiger partial charge on any atom is -0.321 e. The average molecular weight is 549 g/mol. The predicted molar refractivity (Wildman–Crippen MR) is 142 cm³/mol. The number of nitriles is 1. The third-order valence-corrected chi connectivity index (χ3v) is 9.11. The molecular weight excluding hydrogens is 517 g/mol. The van der Waals surface area contributed by atoms with Crippen LogP contribution < -0.4 is 10.2 Å². The lowest BCUT2D eigenvalue weighted by Gasteiger charge is -2.45. The number of fused-ring (bicyclic) bond motifs is 1. The Hall–Kier alpha value is -3.71. The summed E-state index contributed by atoms with van der Waals surface area (Å²) in [6.07, 6.45) is 1.99. The largest absolute Gasteiger partial charge is 0.416 e. The first-order valence-electron chi connectivity index (χ1n) is 13.6. The lowest BCUT2D eigenvalue weighted by atomic mass is 9.57. The number of benzene rings is 2. The summed E-state index contributed by atoms with van der Waals surface area (Å²) in [5, 5.41) is 21.1. The van der Waals surface area contributed by atoms with Crippen molar-refractivity contribution in [3.63, 3.8) is 0 Å². The van der Waals surface area contributed by atoms with Crippen LogP contribution in [0, 0.1) is 17.2 Å². The van der Waals surface area contributed by atoms with Crippen molar-refractivity contribution in [2.45, 2.75) is 75.7 Å². The van der Waals surface area contributed by atoms with Crippen molar-refractivity contribution in [2.24, 2.45) is 13.0 Å². The fraction of sp³-hybridized carbons (Fsp3) is 0.467. The molecule has 2 fully saturated rings. The quantitative estimate of drug-likeness (QED) is 0.425. The molecule has 10 heteroatoms. The minimum atomic E-state index is -4.57. The zero-order valence-electron chi connectivity index (χ0n) is 22.6. The van der Waals surface area contributed by atoms with Gasteiger partial charge in [-0.2, -0.15) is 18.4 Å². The molecule has 2 heterocycles. The number of aryl methyl sites for hydroxylation is 1. The first kappa shape index (κ1) is 26.5. The van der Waals surface area contributed by atoms with Gasteiger partial charge in [0.15, 0.2) is 0 Å². The average Bonchev–Trinajstić information content (AvgIpc) is 3.44. The first-order valence-corrected chi connectivity index (χ1v) is 13.6. The Morgan fingerprint density at radius 3 is 2.60 bits per heavy atom. The third-order valence-electron chi connectivity index (χ3n) is 9.11. The molecule has 1 N–H and O–H groups in total. The molecular formula is C30H31F3N6O. The molecule has 0 spiro atoms. The summed E-state index contributed by atoms with van der Waals surface area (Å²) < 4.78 is 44.4. The van der Waals surface area contributed by atoms with Crippen molar-refractivity contribution in [2.75, 3.05) is 4.90 Å². The molecule has 6 rings (SSSR count). The maximum atomic E-state index is 14.2. The lowest BCUT2D eigenvalue weighted by molar-refractivity contribution is -0.138. The Kier molecular flexibility index (Phi) is 6.26. The molecule has 0 bridgehead atoms. The predicted octanol–water partition coefficient (Wildman–Crippen LogP) is 5.44. The summed E-state index contributed by atoms with van der Waals surface area (Å²) in [4.78, 5) is 15.0. The molecule has 1 aromatic heterocycles. The van der Waals surface area contributed by atoms with Crippen LogP contribution in [0.2, 0.25) is 0 Å². The summed E-state index contributed by atoms with van der Waals surface area (Å²) in [5.41, 5.74) is 0.900. The smallest absolute Gasteiger partial charge is 0.321 e. The molecule has 0 saturated heterocycles. The van der Waals surface area contributed by atoms with Gasteiger partial charge in [0.1, 0.15) is 12.2 Å². The molecule has 1 aliphatic heterocycles. The van der Waals surface area contributed by atoms with Crippen LogP contribution >= 0.6 is 0 Å². The fourth-order valence-corrected chi connectivity index (χ4v) is 6.46. The number of hydrogen-bond donors (Lipinski definition) is 1. The standard InChI is InChI=1S/C30H31F3N6O/c1-28(7-4-8-28)35-16-19-9-23-24(25(10-19)30(31,32)33)17-39(27(23)40)22-6-3-5-21(11-22)29(12-20(13-29)15-34)14-26-37-36-18-38(26)2/h3,5-6,9-11,18,20,35H,4,7-8,12-14,16-17H2,1-2H3. The van der Waals surface area contributed by atoms with E-state index in [0.717, 1.165) is 30.7 Å². The second kappa shape index (κ2) is 9.44. The van der Waals surface area contributed by atoms with Gasteiger partial charge in [0.05, 0.1) is 18.2 Å². The molecule has 2 saturated carbocycles. The lowest BCUT2D eigenvalue weighted by Crippen LogP contribution is -2.47. The van der Waals surface area contributed by atoms with Crippen molar-refractivity contribution in [3.8, 4) is 6.07 Å². The van der Waals surface area contributed by atoms with Crippen LogP contribution in [0.5, 0.6) is 0 Å². The molecule has 3 aliphatic rings. The number of alkyl halides is 3. The molecule has 0 atom stereocenters. The molecule has 40 heavy (non-hydrogen) atoms. The van der Waals surface area contributed by atoms with Crippen molar-refractivity contribution >= 4 is 11.6 Å². The maximum absolute atomic E-state index is 14.2. The molecule has 0 radical (unpaired) electrons. The molecule has 208 valence electrons. The van der Waals surface area contributed by atoms with E-state index in [0.29, 0.717) is 30.5 Å². The van der Waals surface area contributed by atoms with E-state index in [-0.39, 0.29) is 41.1 Å². The van der Waals surface area contributed by atoms with Gasteiger partial charge in [-0.3, -0.25) is 4.79 Å². The number of nitrogens with zero attached hydrogens (tertiary/aromatic N) is 5. The van der Waals surface area contributed by atoms with Gasteiger partial charge in [-0.25, -0.2) is 0 Å². The fourth-order valence-electron chi connectivity index (χ4n) is 6.46. The van der Waals surface area contributed by atoms with Crippen molar-refractivity contribution in [3.05, 3.63) is 76.4 Å². The van der Waals surface area contributed by atoms with E-state index in [4.69, 9.17) is 0 Å². The zero-order valence-corrected chi connectivity index (χ0v) is 22.6. The number of halogens is 3. The Bertz CT molecular complexity index is 1510. The van der Waals surface area contributed by atoms with Gasteiger partial charge >= 0.3 is 6.18 Å². The van der Waals surface area contributed by atoms with Crippen LogP contribution in [0.3, 0.4) is 0 Å². The summed E-state index contributed by atoms with van der Waals surface area (Å²) in [5.74, 6) is 0.275. The van der Waals surface area contributed by atoms with Crippen molar-refractivity contribution in [1.29, 1.82) is 5.26 Å². The third kappa shape index (κ3) is 4.56. The van der Waals surface area contributed by atoms with Gasteiger partial charge in [-0.05, 0) is 80.0 Å². The van der Waals surface area contributed by atoms with Gasteiger partial charge < -0.3 is 14.8 Å². The van der Waals surface area contributed by atoms with Gasteiger partial charge in [0.2, 0.25) is 0 Å². The molecule has 3 aromatic rings. The van der Waals surface area contributed by atoms with Crippen molar-refractivity contribution in [1.82, 2.24) is 20.1 Å². The van der Waals surface area contributed by atoms with Crippen molar-refractivity contribution < 1.29 is 18.0 Å². The highest BCUT2D eigenvalue weighted by Crippen LogP contribution is 2.50. The Labute approximate surface area is 231 Å². The van der Waals surface area contributed by atoms with Gasteiger partial charge in [0.25, 0.3) is 5.91 Å². The monoisotopic (exact) mass is 548 g/mol. The summed E-state index contributed by atoms with van der Waals surface area (Å²) in [6, 6.07) is 12.6. The maximum Gasteiger partial charge on any atom is 0.416 e. The second-order valence-corrected chi connectivity index (χ2v) is 11.9. The minimum absolute atomic E-state index is 0.0171. The Balaban J connectivity index is 1.31. The van der Waals surface area contributed by atoms with E-state index in [9.17, 15) is 23.2 Å². The molecule has 2 aromatic carbocycles. The summed E-state index contributed by atoms with van der Waals surface area (Å²) >= 11 is 0. The number of carbonyl (C=O) groups is 1. The Morgan fingerprint density at radius 1 is 1.20 bits per heavy atom. The number of amides is 1. The zero-order chi connectivity index (χ0) is 28.3. The molecule has 2 aliphatic carbocycles. The van der Waals surface area contributed by atoms with Crippen LogP contribution in [0.1, 0.15) is 77.5 Å². The van der Waals surface area contributed by atoms with Gasteiger partial charge in [-0.1, -0.05) is 12.1 Å². The van der Waals surface area contributed by atoms with E-state index < -0.39 is 17.6 Å². The number of carbonyl (C=O) groups excluding carboxylic acids is 1. The summed E-state index contributed by atoms with van der Waals surface area (Å²) in [7, 11) is 1.87. The van der Waals surface area contributed by atoms with E-state index in [1.54, 1.807) is 18.5 Å². The topological polar surface area (TPSA) is 86.8 Å². The number of aromatic nitrogens is 3. The van der Waals surface area contributed by atoms with Crippen LogP contribution in [0.4, 0.5) is 18.9 Å². The van der Waals surface area contributed by atoms with E-state index in [1.807, 2.05) is 29.8 Å². The highest BCUT2D eigenvalue weighted by atomic mass is 19.4. The Morgan fingerprint density at radius 2 is 1.98 bits per heavy atom. The number of hydrogen-bond acceptors (Lipinski definition) is 5. The molecule has 0 unspecified atom stereocenters. The van der Waals surface area contributed by atoms with Crippen LogP contribution in [-0.4, -0.2) is 26.2 Å². The van der Waals surface area contributed by atoms with Crippen LogP contribution in [0.25, 0.3) is 0 Å². The summed E-state index contributed by atoms with van der Waals surface area (Å²) in [6.45, 7) is 2.21. The molecule has 1 amide bonds. The van der Waals surface area contributed by atoms with E-state index >= 15 is 0 Å². The van der Waals surface area contributed by atoms with Gasteiger partial charge in [0, 0.05) is 48.1 Å². The van der Waals surface area contributed by atoms with Gasteiger partial charge in [-0.15, -0.1) is 10.2 Å². The molecule has 7 nitrogen and oxygen atoms in total. The number of anilines is 1. The second-order valence-electron chi connectivity index (χ2n) is 11.9.